The van der Waals surface area contributed by atoms with Crippen molar-refractivity contribution in [2.24, 2.45) is 0 Å². The Morgan fingerprint density at radius 1 is 0.824 bits per heavy atom. The summed E-state index contributed by atoms with van der Waals surface area (Å²) in [7, 11) is 0. The molecular formula is C15H20N2. The van der Waals surface area contributed by atoms with Gasteiger partial charge in [-0.25, -0.2) is 9.97 Å². The fraction of sp³-hybridized carbons (Fsp3) is 0.467. The summed E-state index contributed by atoms with van der Waals surface area (Å²) >= 11 is 0. The molecule has 0 atom stereocenters. The average molecular weight is 228 g/mol. The van der Waals surface area contributed by atoms with E-state index >= 15 is 0 Å². The Labute approximate surface area is 103 Å². The Morgan fingerprint density at radius 3 is 1.88 bits per heavy atom. The monoisotopic (exact) mass is 228 g/mol. The molecular weight excluding hydrogens is 208 g/mol. The highest BCUT2D eigenvalue weighted by molar-refractivity contribution is 5.82. The largest absolute Gasteiger partial charge is 0.249 e. The zero-order valence-corrected chi connectivity index (χ0v) is 11.5. The van der Waals surface area contributed by atoms with E-state index in [4.69, 9.17) is 4.98 Å². The van der Waals surface area contributed by atoms with Gasteiger partial charge in [0.15, 0.2) is 0 Å². The van der Waals surface area contributed by atoms with Crippen LogP contribution in [0.4, 0.5) is 0 Å². The van der Waals surface area contributed by atoms with E-state index in [1.807, 2.05) is 13.8 Å². The highest BCUT2D eigenvalue weighted by Gasteiger charge is 2.19. The highest BCUT2D eigenvalue weighted by Crippen LogP contribution is 2.30. The summed E-state index contributed by atoms with van der Waals surface area (Å²) in [4.78, 5) is 9.43. The van der Waals surface area contributed by atoms with Crippen molar-refractivity contribution in [3.05, 3.63) is 34.6 Å². The smallest absolute Gasteiger partial charge is 0.0930 e. The van der Waals surface area contributed by atoms with Crippen LogP contribution >= 0.6 is 0 Å². The van der Waals surface area contributed by atoms with Crippen LogP contribution in [0.5, 0.6) is 0 Å². The first kappa shape index (κ1) is 12.0. The standard InChI is InChI=1S/C15H20N2/c1-9-7-8-12(15(4,5)6)14-13(9)16-10(2)11(3)17-14/h7-8H,1-6H3. The van der Waals surface area contributed by atoms with Crippen LogP contribution in [0.3, 0.4) is 0 Å². The Balaban J connectivity index is 2.90. The van der Waals surface area contributed by atoms with E-state index in [0.717, 1.165) is 22.4 Å². The van der Waals surface area contributed by atoms with Crippen LogP contribution < -0.4 is 0 Å². The second-order valence-electron chi connectivity index (χ2n) is 5.77. The van der Waals surface area contributed by atoms with Gasteiger partial charge in [0.25, 0.3) is 0 Å². The maximum Gasteiger partial charge on any atom is 0.0930 e. The third-order valence-corrected chi connectivity index (χ3v) is 3.24. The van der Waals surface area contributed by atoms with Gasteiger partial charge in [0.1, 0.15) is 0 Å². The van der Waals surface area contributed by atoms with E-state index in [2.05, 4.69) is 44.8 Å². The molecule has 1 aromatic carbocycles. The molecule has 0 aliphatic heterocycles. The van der Waals surface area contributed by atoms with Crippen LogP contribution in [0, 0.1) is 20.8 Å². The number of hydrogen-bond donors (Lipinski definition) is 0. The lowest BCUT2D eigenvalue weighted by Crippen LogP contribution is -2.13. The molecule has 0 aliphatic carbocycles. The number of hydrogen-bond acceptors (Lipinski definition) is 2. The predicted molar refractivity (Wildman–Crippen MR) is 72.4 cm³/mol. The number of rotatable bonds is 0. The minimum absolute atomic E-state index is 0.0995. The van der Waals surface area contributed by atoms with Gasteiger partial charge in [0, 0.05) is 0 Å². The lowest BCUT2D eigenvalue weighted by molar-refractivity contribution is 0.594. The Morgan fingerprint density at radius 2 is 1.35 bits per heavy atom. The molecule has 0 saturated heterocycles. The van der Waals surface area contributed by atoms with Gasteiger partial charge < -0.3 is 0 Å². The molecule has 2 aromatic rings. The molecule has 0 saturated carbocycles. The summed E-state index contributed by atoms with van der Waals surface area (Å²) in [5, 5.41) is 0. The molecule has 0 bridgehead atoms. The van der Waals surface area contributed by atoms with Gasteiger partial charge in [-0.15, -0.1) is 0 Å². The van der Waals surface area contributed by atoms with Crippen LogP contribution in [0.2, 0.25) is 0 Å². The number of benzene rings is 1. The maximum atomic E-state index is 4.74. The lowest BCUT2D eigenvalue weighted by atomic mass is 9.85. The average Bonchev–Trinajstić information content (AvgIpc) is 2.19. The fourth-order valence-corrected chi connectivity index (χ4v) is 2.04. The molecule has 1 aromatic heterocycles. The molecule has 0 amide bonds. The quantitative estimate of drug-likeness (QED) is 0.684. The van der Waals surface area contributed by atoms with Crippen LogP contribution in [0.1, 0.15) is 43.3 Å². The van der Waals surface area contributed by atoms with Gasteiger partial charge in [-0.3, -0.25) is 0 Å². The number of aryl methyl sites for hydroxylation is 3. The molecule has 2 nitrogen and oxygen atoms in total. The van der Waals surface area contributed by atoms with Crippen molar-refractivity contribution in [2.75, 3.05) is 0 Å². The molecule has 0 unspecified atom stereocenters. The van der Waals surface area contributed by atoms with Gasteiger partial charge >= 0.3 is 0 Å². The second kappa shape index (κ2) is 3.80. The van der Waals surface area contributed by atoms with Crippen molar-refractivity contribution >= 4 is 11.0 Å². The molecule has 0 radical (unpaired) electrons. The Hall–Kier alpha value is -1.44. The molecule has 1 heterocycles. The predicted octanol–water partition coefficient (Wildman–Crippen LogP) is 3.85. The van der Waals surface area contributed by atoms with Crippen LogP contribution in [-0.4, -0.2) is 9.97 Å². The van der Waals surface area contributed by atoms with Gasteiger partial charge in [-0.1, -0.05) is 32.9 Å². The third kappa shape index (κ3) is 2.04. The molecule has 2 rings (SSSR count). The molecule has 90 valence electrons. The fourth-order valence-electron chi connectivity index (χ4n) is 2.04. The van der Waals surface area contributed by atoms with Crippen molar-refractivity contribution in [1.29, 1.82) is 0 Å². The lowest BCUT2D eigenvalue weighted by Gasteiger charge is -2.21. The van der Waals surface area contributed by atoms with E-state index in [1.54, 1.807) is 0 Å². The van der Waals surface area contributed by atoms with Gasteiger partial charge in [0.2, 0.25) is 0 Å². The number of aromatic nitrogens is 2. The van der Waals surface area contributed by atoms with Crippen LogP contribution in [-0.2, 0) is 5.41 Å². The number of nitrogens with zero attached hydrogens (tertiary/aromatic N) is 2. The van der Waals surface area contributed by atoms with Gasteiger partial charge in [0.05, 0.1) is 22.4 Å². The Bertz CT molecular complexity index is 577. The third-order valence-electron chi connectivity index (χ3n) is 3.24. The van der Waals surface area contributed by atoms with Crippen LogP contribution in [0.25, 0.3) is 11.0 Å². The van der Waals surface area contributed by atoms with Crippen molar-refractivity contribution in [3.63, 3.8) is 0 Å². The first-order valence-corrected chi connectivity index (χ1v) is 6.06. The minimum atomic E-state index is 0.0995. The van der Waals surface area contributed by atoms with Gasteiger partial charge in [-0.2, -0.15) is 0 Å². The normalized spacial score (nSPS) is 12.1. The molecule has 2 heteroatoms. The zero-order valence-electron chi connectivity index (χ0n) is 11.5. The van der Waals surface area contributed by atoms with Crippen molar-refractivity contribution in [3.8, 4) is 0 Å². The minimum Gasteiger partial charge on any atom is -0.249 e. The second-order valence-corrected chi connectivity index (χ2v) is 5.77. The summed E-state index contributed by atoms with van der Waals surface area (Å²) in [6.07, 6.45) is 0. The van der Waals surface area contributed by atoms with Crippen molar-refractivity contribution in [1.82, 2.24) is 9.97 Å². The summed E-state index contributed by atoms with van der Waals surface area (Å²) in [6.45, 7) is 12.8. The summed E-state index contributed by atoms with van der Waals surface area (Å²) in [6, 6.07) is 4.33. The van der Waals surface area contributed by atoms with E-state index < -0.39 is 0 Å². The van der Waals surface area contributed by atoms with Gasteiger partial charge in [-0.05, 0) is 37.3 Å². The molecule has 0 aliphatic rings. The van der Waals surface area contributed by atoms with E-state index in [1.165, 1.54) is 11.1 Å². The first-order valence-electron chi connectivity index (χ1n) is 6.06. The first-order chi connectivity index (χ1) is 7.80. The van der Waals surface area contributed by atoms with Crippen molar-refractivity contribution < 1.29 is 0 Å². The zero-order chi connectivity index (χ0) is 12.8. The van der Waals surface area contributed by atoms with E-state index in [-0.39, 0.29) is 5.41 Å². The van der Waals surface area contributed by atoms with Crippen molar-refractivity contribution in [2.45, 2.75) is 47.0 Å². The van der Waals surface area contributed by atoms with Crippen LogP contribution in [0.15, 0.2) is 12.1 Å². The Kier molecular flexibility index (Phi) is 2.69. The van der Waals surface area contributed by atoms with E-state index in [9.17, 15) is 0 Å². The molecule has 0 spiro atoms. The molecule has 0 N–H and O–H groups in total. The summed E-state index contributed by atoms with van der Waals surface area (Å²) in [5.74, 6) is 0. The SMILES string of the molecule is Cc1nc2c(C)ccc(C(C)(C)C)c2nc1C. The summed E-state index contributed by atoms with van der Waals surface area (Å²) in [5.41, 5.74) is 6.71. The molecule has 17 heavy (non-hydrogen) atoms. The molecule has 0 fully saturated rings. The highest BCUT2D eigenvalue weighted by atomic mass is 14.8. The topological polar surface area (TPSA) is 25.8 Å². The number of fused-ring (bicyclic) bond motifs is 1. The van der Waals surface area contributed by atoms with E-state index in [0.29, 0.717) is 0 Å². The maximum absolute atomic E-state index is 4.74. The summed E-state index contributed by atoms with van der Waals surface area (Å²) < 4.78 is 0.